The highest BCUT2D eigenvalue weighted by Crippen LogP contribution is 2.21. The summed E-state index contributed by atoms with van der Waals surface area (Å²) >= 11 is 0. The van der Waals surface area contributed by atoms with Crippen LogP contribution in [0.5, 0.6) is 0 Å². The smallest absolute Gasteiger partial charge is 0.325 e. The Labute approximate surface area is 115 Å². The van der Waals surface area contributed by atoms with Gasteiger partial charge in [0.1, 0.15) is 0 Å². The van der Waals surface area contributed by atoms with Crippen LogP contribution in [0.15, 0.2) is 9.59 Å². The zero-order chi connectivity index (χ0) is 14.9. The van der Waals surface area contributed by atoms with E-state index < -0.39 is 16.9 Å². The van der Waals surface area contributed by atoms with Crippen molar-refractivity contribution in [2.45, 2.75) is 38.7 Å². The highest BCUT2D eigenvalue weighted by molar-refractivity contribution is 5.76. The third-order valence-electron chi connectivity index (χ3n) is 3.65. The summed E-state index contributed by atoms with van der Waals surface area (Å²) in [6, 6.07) is 0. The molecule has 1 atom stereocenters. The lowest BCUT2D eigenvalue weighted by atomic mass is 10.1. The molecule has 110 valence electrons. The summed E-state index contributed by atoms with van der Waals surface area (Å²) in [5.41, 5.74) is -0.907. The molecule has 1 aliphatic heterocycles. The molecular weight excluding hydrogens is 262 g/mol. The van der Waals surface area contributed by atoms with Crippen molar-refractivity contribution < 1.29 is 9.90 Å². The largest absolute Gasteiger partial charge is 0.388 e. The van der Waals surface area contributed by atoms with Gasteiger partial charge in [0.25, 0.3) is 5.56 Å². The number of rotatable bonds is 3. The van der Waals surface area contributed by atoms with Crippen LogP contribution in [0.25, 0.3) is 0 Å². The van der Waals surface area contributed by atoms with Crippen LogP contribution in [-0.2, 0) is 11.2 Å². The van der Waals surface area contributed by atoms with Crippen LogP contribution in [0, 0.1) is 6.92 Å². The molecule has 1 saturated heterocycles. The number of aromatic nitrogens is 2. The van der Waals surface area contributed by atoms with E-state index in [0.717, 1.165) is 0 Å². The number of β-amino-alcohol motifs (C(OH)–C–C–N with tert-alkyl or cyclic N) is 1. The van der Waals surface area contributed by atoms with Gasteiger partial charge in [0.05, 0.1) is 5.60 Å². The lowest BCUT2D eigenvalue weighted by molar-refractivity contribution is -0.131. The Hall–Kier alpha value is -1.89. The SMILES string of the molecule is Cc1[nH]c(=O)[nH]c(=O)c1CCC(=O)N1CCC(C)(O)C1. The van der Waals surface area contributed by atoms with Gasteiger partial charge in [0.15, 0.2) is 0 Å². The molecule has 3 N–H and O–H groups in total. The van der Waals surface area contributed by atoms with Gasteiger partial charge in [-0.2, -0.15) is 0 Å². The molecule has 0 aliphatic carbocycles. The van der Waals surface area contributed by atoms with Crippen molar-refractivity contribution in [1.82, 2.24) is 14.9 Å². The maximum absolute atomic E-state index is 12.0. The van der Waals surface area contributed by atoms with Gasteiger partial charge in [0, 0.05) is 30.8 Å². The molecule has 1 fully saturated rings. The van der Waals surface area contributed by atoms with Crippen molar-refractivity contribution in [2.24, 2.45) is 0 Å². The van der Waals surface area contributed by atoms with E-state index >= 15 is 0 Å². The van der Waals surface area contributed by atoms with Crippen LogP contribution >= 0.6 is 0 Å². The van der Waals surface area contributed by atoms with Crippen molar-refractivity contribution in [3.8, 4) is 0 Å². The van der Waals surface area contributed by atoms with E-state index in [1.165, 1.54) is 0 Å². The quantitative estimate of drug-likeness (QED) is 0.680. The van der Waals surface area contributed by atoms with E-state index in [4.69, 9.17) is 0 Å². The lowest BCUT2D eigenvalue weighted by Gasteiger charge is -2.19. The number of carbonyl (C=O) groups excluding carboxylic acids is 1. The highest BCUT2D eigenvalue weighted by atomic mass is 16.3. The monoisotopic (exact) mass is 281 g/mol. The zero-order valence-electron chi connectivity index (χ0n) is 11.7. The first kappa shape index (κ1) is 14.5. The van der Waals surface area contributed by atoms with E-state index in [1.807, 2.05) is 0 Å². The molecule has 7 heteroatoms. The standard InChI is InChI=1S/C13H19N3O4/c1-8-9(11(18)15-12(19)14-8)3-4-10(17)16-6-5-13(2,20)7-16/h20H,3-7H2,1-2H3,(H2,14,15,18,19). The van der Waals surface area contributed by atoms with Crippen molar-refractivity contribution in [3.63, 3.8) is 0 Å². The first-order valence-electron chi connectivity index (χ1n) is 6.61. The second-order valence-corrected chi connectivity index (χ2v) is 5.57. The molecule has 20 heavy (non-hydrogen) atoms. The molecule has 0 spiro atoms. The summed E-state index contributed by atoms with van der Waals surface area (Å²) in [5, 5.41) is 9.83. The van der Waals surface area contributed by atoms with Crippen LogP contribution in [0.4, 0.5) is 0 Å². The predicted octanol–water partition coefficient (Wildman–Crippen LogP) is -0.712. The molecular formula is C13H19N3O4. The molecule has 0 radical (unpaired) electrons. The fourth-order valence-corrected chi connectivity index (χ4v) is 2.47. The molecule has 2 heterocycles. The Morgan fingerprint density at radius 2 is 2.10 bits per heavy atom. The summed E-state index contributed by atoms with van der Waals surface area (Å²) in [4.78, 5) is 41.0. The van der Waals surface area contributed by atoms with Gasteiger partial charge < -0.3 is 15.0 Å². The number of aryl methyl sites for hydroxylation is 1. The second-order valence-electron chi connectivity index (χ2n) is 5.57. The Morgan fingerprint density at radius 3 is 2.65 bits per heavy atom. The molecule has 1 aromatic heterocycles. The van der Waals surface area contributed by atoms with Gasteiger partial charge in [-0.3, -0.25) is 14.6 Å². The Kier molecular flexibility index (Phi) is 3.80. The average Bonchev–Trinajstić information content (AvgIpc) is 2.68. The molecule has 0 bridgehead atoms. The maximum Gasteiger partial charge on any atom is 0.325 e. The third kappa shape index (κ3) is 3.16. The number of nitrogens with zero attached hydrogens (tertiary/aromatic N) is 1. The number of H-pyrrole nitrogens is 2. The first-order valence-corrected chi connectivity index (χ1v) is 6.61. The minimum atomic E-state index is -0.818. The molecule has 1 amide bonds. The van der Waals surface area contributed by atoms with Crippen LogP contribution < -0.4 is 11.2 Å². The summed E-state index contributed by atoms with van der Waals surface area (Å²) in [5.74, 6) is -0.0900. The third-order valence-corrected chi connectivity index (χ3v) is 3.65. The topological polar surface area (TPSA) is 106 Å². The fourth-order valence-electron chi connectivity index (χ4n) is 2.47. The highest BCUT2D eigenvalue weighted by Gasteiger charge is 2.33. The summed E-state index contributed by atoms with van der Waals surface area (Å²) in [6.07, 6.45) is 1.03. The molecule has 0 saturated carbocycles. The number of amides is 1. The van der Waals surface area contributed by atoms with Crippen LogP contribution in [0.2, 0.25) is 0 Å². The molecule has 1 unspecified atom stereocenters. The normalized spacial score (nSPS) is 22.2. The molecule has 1 aromatic rings. The van der Waals surface area contributed by atoms with Gasteiger partial charge >= 0.3 is 5.69 Å². The van der Waals surface area contributed by atoms with E-state index in [1.54, 1.807) is 18.7 Å². The van der Waals surface area contributed by atoms with E-state index in [0.29, 0.717) is 30.8 Å². The predicted molar refractivity (Wildman–Crippen MR) is 72.6 cm³/mol. The van der Waals surface area contributed by atoms with Crippen molar-refractivity contribution in [2.75, 3.05) is 13.1 Å². The molecule has 0 aromatic carbocycles. The maximum atomic E-state index is 12.0. The van der Waals surface area contributed by atoms with Gasteiger partial charge in [-0.05, 0) is 26.7 Å². The number of aliphatic hydroxyl groups is 1. The Bertz CT molecular complexity index is 629. The summed E-state index contributed by atoms with van der Waals surface area (Å²) in [6.45, 7) is 4.20. The van der Waals surface area contributed by atoms with Crippen molar-refractivity contribution in [3.05, 3.63) is 32.1 Å². The number of aromatic amines is 2. The van der Waals surface area contributed by atoms with E-state index in [2.05, 4.69) is 9.97 Å². The second kappa shape index (κ2) is 5.24. The van der Waals surface area contributed by atoms with Crippen molar-refractivity contribution in [1.29, 1.82) is 0 Å². The van der Waals surface area contributed by atoms with E-state index in [9.17, 15) is 19.5 Å². The summed E-state index contributed by atoms with van der Waals surface area (Å²) < 4.78 is 0. The zero-order valence-corrected chi connectivity index (χ0v) is 11.7. The number of hydrogen-bond donors (Lipinski definition) is 3. The Morgan fingerprint density at radius 1 is 1.40 bits per heavy atom. The van der Waals surface area contributed by atoms with Gasteiger partial charge in [-0.1, -0.05) is 0 Å². The summed E-state index contributed by atoms with van der Waals surface area (Å²) in [7, 11) is 0. The van der Waals surface area contributed by atoms with Crippen LogP contribution in [0.3, 0.4) is 0 Å². The number of nitrogens with one attached hydrogen (secondary N) is 2. The fraction of sp³-hybridized carbons (Fsp3) is 0.615. The lowest BCUT2D eigenvalue weighted by Crippen LogP contribution is -2.34. The molecule has 1 aliphatic rings. The van der Waals surface area contributed by atoms with Gasteiger partial charge in [0.2, 0.25) is 5.91 Å². The van der Waals surface area contributed by atoms with Crippen molar-refractivity contribution >= 4 is 5.91 Å². The minimum Gasteiger partial charge on any atom is -0.388 e. The van der Waals surface area contributed by atoms with Gasteiger partial charge in [-0.15, -0.1) is 0 Å². The average molecular weight is 281 g/mol. The Balaban J connectivity index is 2.01. The number of hydrogen-bond acceptors (Lipinski definition) is 4. The van der Waals surface area contributed by atoms with Gasteiger partial charge in [-0.25, -0.2) is 4.79 Å². The van der Waals surface area contributed by atoms with Crippen LogP contribution in [0.1, 0.15) is 31.0 Å². The first-order chi connectivity index (χ1) is 9.28. The number of likely N-dealkylation sites (tertiary alicyclic amines) is 1. The van der Waals surface area contributed by atoms with E-state index in [-0.39, 0.29) is 18.7 Å². The van der Waals surface area contributed by atoms with Crippen LogP contribution in [-0.4, -0.2) is 44.6 Å². The number of carbonyl (C=O) groups is 1. The molecule has 2 rings (SSSR count). The molecule has 7 nitrogen and oxygen atoms in total. The minimum absolute atomic E-state index is 0.0900.